The van der Waals surface area contributed by atoms with E-state index in [1.165, 1.54) is 6.92 Å². The van der Waals surface area contributed by atoms with Gasteiger partial charge in [-0.3, -0.25) is 0 Å². The topological polar surface area (TPSA) is 23.8 Å². The van der Waals surface area contributed by atoms with Crippen LogP contribution in [-0.4, -0.2) is 6.18 Å². The van der Waals surface area contributed by atoms with Gasteiger partial charge in [0.15, 0.2) is 0 Å². The number of nitrogens with zero attached hydrogens (tertiary/aromatic N) is 1. The summed E-state index contributed by atoms with van der Waals surface area (Å²) in [5.41, 5.74) is 0.513. The predicted molar refractivity (Wildman–Crippen MR) is 57.7 cm³/mol. The predicted octanol–water partition coefficient (Wildman–Crippen LogP) is 4.07. The summed E-state index contributed by atoms with van der Waals surface area (Å²) in [5, 5.41) is 10.4. The van der Waals surface area contributed by atoms with Crippen LogP contribution in [-0.2, 0) is 4.75 Å². The van der Waals surface area contributed by atoms with Crippen molar-refractivity contribution in [2.45, 2.75) is 24.3 Å². The summed E-state index contributed by atoms with van der Waals surface area (Å²) in [5.74, 6) is 0. The van der Waals surface area contributed by atoms with Crippen LogP contribution in [0.25, 0.3) is 0 Å². The molecule has 0 N–H and O–H groups in total. The Bertz CT molecular complexity index is 382. The van der Waals surface area contributed by atoms with Crippen molar-refractivity contribution >= 4 is 11.8 Å². The number of nitriles is 1. The van der Waals surface area contributed by atoms with Gasteiger partial charge in [0.05, 0.1) is 11.2 Å². The van der Waals surface area contributed by atoms with Gasteiger partial charge >= 0.3 is 6.18 Å². The number of benzene rings is 1. The molecule has 0 aliphatic carbocycles. The molecule has 0 fully saturated rings. The van der Waals surface area contributed by atoms with Crippen molar-refractivity contribution in [1.29, 1.82) is 5.26 Å². The van der Waals surface area contributed by atoms with Gasteiger partial charge in [0.1, 0.15) is 5.40 Å². The Morgan fingerprint density at radius 1 is 1.25 bits per heavy atom. The second kappa shape index (κ2) is 4.79. The first-order valence-electron chi connectivity index (χ1n) is 4.57. The minimum absolute atomic E-state index is 0.513. The first-order chi connectivity index (χ1) is 7.37. The zero-order chi connectivity index (χ0) is 12.2. The molecule has 0 aromatic heterocycles. The molecule has 1 atom stereocenters. The van der Waals surface area contributed by atoms with Crippen LogP contribution in [0.15, 0.2) is 30.3 Å². The summed E-state index contributed by atoms with van der Waals surface area (Å²) in [6, 6.07) is 8.28. The molecule has 1 nitrogen and oxygen atoms in total. The molecule has 0 bridgehead atoms. The second-order valence-electron chi connectivity index (χ2n) is 3.58. The third-order valence-electron chi connectivity index (χ3n) is 2.19. The van der Waals surface area contributed by atoms with Gasteiger partial charge in [0.2, 0.25) is 0 Å². The molecule has 0 saturated carbocycles. The SMILES string of the molecule is C[C@@](CC(F)(F)F)(SC#N)c1ccccc1. The maximum Gasteiger partial charge on any atom is 0.390 e. The van der Waals surface area contributed by atoms with Gasteiger partial charge in [0, 0.05) is 0 Å². The number of thioether (sulfide) groups is 1. The highest BCUT2D eigenvalue weighted by molar-refractivity contribution is 8.04. The largest absolute Gasteiger partial charge is 0.390 e. The Morgan fingerprint density at radius 3 is 2.25 bits per heavy atom. The average molecular weight is 245 g/mol. The Balaban J connectivity index is 3.03. The zero-order valence-electron chi connectivity index (χ0n) is 8.58. The highest BCUT2D eigenvalue weighted by Crippen LogP contribution is 2.44. The molecule has 0 unspecified atom stereocenters. The van der Waals surface area contributed by atoms with Crippen molar-refractivity contribution in [2.24, 2.45) is 0 Å². The van der Waals surface area contributed by atoms with E-state index in [4.69, 9.17) is 5.26 Å². The van der Waals surface area contributed by atoms with Gasteiger partial charge in [-0.05, 0) is 24.2 Å². The normalized spacial score (nSPS) is 15.2. The minimum atomic E-state index is -4.28. The molecule has 0 heterocycles. The average Bonchev–Trinajstić information content (AvgIpc) is 2.16. The molecule has 0 radical (unpaired) electrons. The number of hydrogen-bond acceptors (Lipinski definition) is 2. The Morgan fingerprint density at radius 2 is 1.81 bits per heavy atom. The van der Waals surface area contributed by atoms with Crippen molar-refractivity contribution < 1.29 is 13.2 Å². The van der Waals surface area contributed by atoms with E-state index in [0.29, 0.717) is 17.3 Å². The molecule has 1 rings (SSSR count). The Labute approximate surface area is 96.3 Å². The molecule has 5 heteroatoms. The fraction of sp³-hybridized carbons (Fsp3) is 0.364. The number of halogens is 3. The molecule has 0 amide bonds. The van der Waals surface area contributed by atoms with E-state index in [1.54, 1.807) is 35.7 Å². The zero-order valence-corrected chi connectivity index (χ0v) is 9.40. The van der Waals surface area contributed by atoms with E-state index in [-0.39, 0.29) is 0 Å². The van der Waals surface area contributed by atoms with E-state index in [2.05, 4.69) is 0 Å². The number of rotatable bonds is 3. The monoisotopic (exact) mass is 245 g/mol. The molecular formula is C11H10F3NS. The fourth-order valence-electron chi connectivity index (χ4n) is 1.47. The van der Waals surface area contributed by atoms with Crippen molar-refractivity contribution in [2.75, 3.05) is 0 Å². The van der Waals surface area contributed by atoms with Crippen LogP contribution in [0.5, 0.6) is 0 Å². The fourth-order valence-corrected chi connectivity index (χ4v) is 2.16. The van der Waals surface area contributed by atoms with E-state index in [1.807, 2.05) is 0 Å². The minimum Gasteiger partial charge on any atom is -0.185 e. The van der Waals surface area contributed by atoms with E-state index in [9.17, 15) is 13.2 Å². The molecule has 16 heavy (non-hydrogen) atoms. The van der Waals surface area contributed by atoms with Gasteiger partial charge in [-0.15, -0.1) is 0 Å². The van der Waals surface area contributed by atoms with Crippen molar-refractivity contribution in [3.63, 3.8) is 0 Å². The van der Waals surface area contributed by atoms with Crippen LogP contribution in [0.3, 0.4) is 0 Å². The molecule has 0 aliphatic rings. The van der Waals surface area contributed by atoms with Crippen LogP contribution in [0.4, 0.5) is 13.2 Å². The summed E-state index contributed by atoms with van der Waals surface area (Å²) < 4.78 is 36.1. The van der Waals surface area contributed by atoms with E-state index in [0.717, 1.165) is 0 Å². The van der Waals surface area contributed by atoms with E-state index < -0.39 is 17.3 Å². The molecule has 0 spiro atoms. The van der Waals surface area contributed by atoms with Gasteiger partial charge < -0.3 is 0 Å². The van der Waals surface area contributed by atoms with Crippen LogP contribution in [0, 0.1) is 10.7 Å². The molecule has 0 saturated heterocycles. The van der Waals surface area contributed by atoms with Gasteiger partial charge in [-0.1, -0.05) is 30.3 Å². The highest BCUT2D eigenvalue weighted by Gasteiger charge is 2.41. The van der Waals surface area contributed by atoms with Crippen LogP contribution in [0.1, 0.15) is 18.9 Å². The number of hydrogen-bond donors (Lipinski definition) is 0. The van der Waals surface area contributed by atoms with Crippen molar-refractivity contribution in [3.05, 3.63) is 35.9 Å². The standard InChI is InChI=1S/C11H10F3NS/c1-10(16-8-15,7-11(12,13)14)9-5-3-2-4-6-9/h2-6H,7H2,1H3/t10-/m0/s1. The van der Waals surface area contributed by atoms with Crippen molar-refractivity contribution in [3.8, 4) is 5.40 Å². The Kier molecular flexibility index (Phi) is 3.87. The highest BCUT2D eigenvalue weighted by atomic mass is 32.2. The Hall–Kier alpha value is -1.15. The molecule has 1 aromatic carbocycles. The first kappa shape index (κ1) is 12.9. The molecule has 86 valence electrons. The molecule has 0 aliphatic heterocycles. The summed E-state index contributed by atoms with van der Waals surface area (Å²) in [6.07, 6.45) is -5.29. The summed E-state index contributed by atoms with van der Waals surface area (Å²) in [4.78, 5) is 0. The molecular weight excluding hydrogens is 235 g/mol. The van der Waals surface area contributed by atoms with Gasteiger partial charge in [-0.25, -0.2) is 0 Å². The van der Waals surface area contributed by atoms with Gasteiger partial charge in [0.25, 0.3) is 0 Å². The lowest BCUT2D eigenvalue weighted by molar-refractivity contribution is -0.140. The molecule has 1 aromatic rings. The van der Waals surface area contributed by atoms with E-state index >= 15 is 0 Å². The maximum atomic E-state index is 12.4. The maximum absolute atomic E-state index is 12.4. The lowest BCUT2D eigenvalue weighted by Crippen LogP contribution is -2.25. The van der Waals surface area contributed by atoms with Gasteiger partial charge in [-0.2, -0.15) is 18.4 Å². The van der Waals surface area contributed by atoms with Crippen LogP contribution < -0.4 is 0 Å². The first-order valence-corrected chi connectivity index (χ1v) is 5.38. The summed E-state index contributed by atoms with van der Waals surface area (Å²) in [6.45, 7) is 1.43. The lowest BCUT2D eigenvalue weighted by Gasteiger charge is -2.27. The lowest BCUT2D eigenvalue weighted by atomic mass is 9.96. The smallest absolute Gasteiger partial charge is 0.185 e. The third-order valence-corrected chi connectivity index (χ3v) is 3.11. The van der Waals surface area contributed by atoms with Crippen LogP contribution >= 0.6 is 11.8 Å². The third kappa shape index (κ3) is 3.46. The number of thiocyanates is 1. The van der Waals surface area contributed by atoms with Crippen LogP contribution in [0.2, 0.25) is 0 Å². The quantitative estimate of drug-likeness (QED) is 0.749. The summed E-state index contributed by atoms with van der Waals surface area (Å²) in [7, 11) is 0. The summed E-state index contributed by atoms with van der Waals surface area (Å²) >= 11 is 0.644. The van der Waals surface area contributed by atoms with Crippen molar-refractivity contribution in [1.82, 2.24) is 0 Å². The second-order valence-corrected chi connectivity index (χ2v) is 4.87. The number of alkyl halides is 3.